The molecule has 1 heterocycles. The van der Waals surface area contributed by atoms with Crippen LogP contribution in [0, 0.1) is 6.92 Å². The molecule has 1 aliphatic heterocycles. The predicted octanol–water partition coefficient (Wildman–Crippen LogP) is 2.97. The molecule has 0 aliphatic carbocycles. The van der Waals surface area contributed by atoms with E-state index in [2.05, 4.69) is 55.4 Å². The van der Waals surface area contributed by atoms with Crippen LogP contribution >= 0.6 is 0 Å². The second-order valence-electron chi connectivity index (χ2n) is 6.34. The van der Waals surface area contributed by atoms with Crippen LogP contribution < -0.4 is 5.32 Å². The summed E-state index contributed by atoms with van der Waals surface area (Å²) in [4.78, 5) is 2.37. The van der Waals surface area contributed by atoms with Gasteiger partial charge in [0.1, 0.15) is 0 Å². The van der Waals surface area contributed by atoms with Crippen LogP contribution in [-0.4, -0.2) is 43.8 Å². The number of hydrogen-bond donors (Lipinski definition) is 1. The standard InChI is InChI=1S/C18H30N2O/c1-4-11-19-12-17-9-10-18(21-17)14-20(3)13-16-7-5-15(2)6-8-16/h5-8,17-19H,4,9-14H2,1-3H3. The summed E-state index contributed by atoms with van der Waals surface area (Å²) in [6.07, 6.45) is 4.38. The van der Waals surface area contributed by atoms with Crippen molar-refractivity contribution in [2.75, 3.05) is 26.7 Å². The van der Waals surface area contributed by atoms with Gasteiger partial charge in [-0.05, 0) is 45.3 Å². The Balaban J connectivity index is 1.68. The zero-order valence-electron chi connectivity index (χ0n) is 13.8. The van der Waals surface area contributed by atoms with E-state index >= 15 is 0 Å². The summed E-state index contributed by atoms with van der Waals surface area (Å²) in [6, 6.07) is 8.81. The lowest BCUT2D eigenvalue weighted by Gasteiger charge is -2.21. The average Bonchev–Trinajstić information content (AvgIpc) is 2.89. The van der Waals surface area contributed by atoms with E-state index in [1.807, 2.05) is 0 Å². The van der Waals surface area contributed by atoms with Gasteiger partial charge in [-0.2, -0.15) is 0 Å². The smallest absolute Gasteiger partial charge is 0.0707 e. The molecule has 0 amide bonds. The second-order valence-corrected chi connectivity index (χ2v) is 6.34. The van der Waals surface area contributed by atoms with Gasteiger partial charge in [-0.25, -0.2) is 0 Å². The fourth-order valence-electron chi connectivity index (χ4n) is 2.92. The molecule has 1 fully saturated rings. The van der Waals surface area contributed by atoms with Crippen molar-refractivity contribution in [1.82, 2.24) is 10.2 Å². The zero-order valence-corrected chi connectivity index (χ0v) is 13.8. The van der Waals surface area contributed by atoms with Gasteiger partial charge in [-0.3, -0.25) is 4.90 Å². The monoisotopic (exact) mass is 290 g/mol. The number of ether oxygens (including phenoxy) is 1. The summed E-state index contributed by atoms with van der Waals surface area (Å²) in [7, 11) is 2.19. The van der Waals surface area contributed by atoms with Gasteiger partial charge >= 0.3 is 0 Å². The lowest BCUT2D eigenvalue weighted by atomic mass is 10.1. The number of likely N-dealkylation sites (N-methyl/N-ethyl adjacent to an activating group) is 1. The zero-order chi connectivity index (χ0) is 15.1. The van der Waals surface area contributed by atoms with Crippen LogP contribution in [0.3, 0.4) is 0 Å². The number of benzene rings is 1. The predicted molar refractivity (Wildman–Crippen MR) is 88.6 cm³/mol. The number of nitrogens with one attached hydrogen (secondary N) is 1. The molecule has 1 aliphatic rings. The van der Waals surface area contributed by atoms with E-state index in [0.29, 0.717) is 12.2 Å². The molecule has 118 valence electrons. The highest BCUT2D eigenvalue weighted by Gasteiger charge is 2.25. The van der Waals surface area contributed by atoms with Gasteiger partial charge in [0.05, 0.1) is 12.2 Å². The summed E-state index contributed by atoms with van der Waals surface area (Å²) < 4.78 is 6.13. The average molecular weight is 290 g/mol. The highest BCUT2D eigenvalue weighted by molar-refractivity contribution is 5.21. The maximum absolute atomic E-state index is 6.13. The fourth-order valence-corrected chi connectivity index (χ4v) is 2.92. The van der Waals surface area contributed by atoms with Gasteiger partial charge in [0.25, 0.3) is 0 Å². The van der Waals surface area contributed by atoms with Crippen molar-refractivity contribution in [2.24, 2.45) is 0 Å². The van der Waals surface area contributed by atoms with Crippen LogP contribution in [0.5, 0.6) is 0 Å². The van der Waals surface area contributed by atoms with Crippen LogP contribution in [-0.2, 0) is 11.3 Å². The van der Waals surface area contributed by atoms with Crippen molar-refractivity contribution in [3.05, 3.63) is 35.4 Å². The molecule has 1 N–H and O–H groups in total. The molecule has 2 rings (SSSR count). The molecule has 21 heavy (non-hydrogen) atoms. The first-order chi connectivity index (χ1) is 10.2. The minimum atomic E-state index is 0.397. The first-order valence-corrected chi connectivity index (χ1v) is 8.27. The maximum Gasteiger partial charge on any atom is 0.0707 e. The Morgan fingerprint density at radius 2 is 1.90 bits per heavy atom. The molecule has 1 aromatic rings. The molecule has 2 unspecified atom stereocenters. The Labute approximate surface area is 129 Å². The summed E-state index contributed by atoms with van der Waals surface area (Å²) in [5.74, 6) is 0. The number of hydrogen-bond acceptors (Lipinski definition) is 3. The molecule has 3 heteroatoms. The van der Waals surface area contributed by atoms with Gasteiger partial charge in [-0.15, -0.1) is 0 Å². The van der Waals surface area contributed by atoms with Crippen LogP contribution in [0.1, 0.15) is 37.3 Å². The summed E-state index contributed by atoms with van der Waals surface area (Å²) in [5.41, 5.74) is 2.70. The van der Waals surface area contributed by atoms with E-state index < -0.39 is 0 Å². The molecule has 2 atom stereocenters. The SMILES string of the molecule is CCCNCC1CCC(CN(C)Cc2ccc(C)cc2)O1. The second kappa shape index (κ2) is 8.52. The van der Waals surface area contributed by atoms with Gasteiger partial charge < -0.3 is 10.1 Å². The van der Waals surface area contributed by atoms with Crippen LogP contribution in [0.15, 0.2) is 24.3 Å². The molecule has 0 spiro atoms. The van der Waals surface area contributed by atoms with E-state index in [1.165, 1.54) is 30.4 Å². The lowest BCUT2D eigenvalue weighted by molar-refractivity contribution is 0.0268. The number of aryl methyl sites for hydroxylation is 1. The van der Waals surface area contributed by atoms with Crippen molar-refractivity contribution in [1.29, 1.82) is 0 Å². The third-order valence-electron chi connectivity index (χ3n) is 4.08. The Bertz CT molecular complexity index is 404. The first-order valence-electron chi connectivity index (χ1n) is 8.27. The summed E-state index contributed by atoms with van der Waals surface area (Å²) >= 11 is 0. The van der Waals surface area contributed by atoms with Gasteiger partial charge in [-0.1, -0.05) is 36.8 Å². The third kappa shape index (κ3) is 5.77. The molecular weight excluding hydrogens is 260 g/mol. The largest absolute Gasteiger partial charge is 0.372 e. The number of nitrogens with zero attached hydrogens (tertiary/aromatic N) is 1. The van der Waals surface area contributed by atoms with Crippen molar-refractivity contribution < 1.29 is 4.74 Å². The highest BCUT2D eigenvalue weighted by Crippen LogP contribution is 2.20. The van der Waals surface area contributed by atoms with Crippen molar-refractivity contribution in [2.45, 2.75) is 51.9 Å². The van der Waals surface area contributed by atoms with E-state index in [9.17, 15) is 0 Å². The highest BCUT2D eigenvalue weighted by atomic mass is 16.5. The van der Waals surface area contributed by atoms with Crippen molar-refractivity contribution in [3.8, 4) is 0 Å². The molecule has 0 aromatic heterocycles. The molecule has 3 nitrogen and oxygen atoms in total. The molecule has 0 radical (unpaired) electrons. The third-order valence-corrected chi connectivity index (χ3v) is 4.08. The lowest BCUT2D eigenvalue weighted by Crippen LogP contribution is -2.31. The Morgan fingerprint density at radius 1 is 1.19 bits per heavy atom. The Kier molecular flexibility index (Phi) is 6.68. The molecule has 1 saturated heterocycles. The Hall–Kier alpha value is -0.900. The minimum Gasteiger partial charge on any atom is -0.372 e. The van der Waals surface area contributed by atoms with E-state index in [0.717, 1.165) is 26.2 Å². The fraction of sp³-hybridized carbons (Fsp3) is 0.667. The van der Waals surface area contributed by atoms with Crippen molar-refractivity contribution in [3.63, 3.8) is 0 Å². The minimum absolute atomic E-state index is 0.397. The van der Waals surface area contributed by atoms with E-state index in [1.54, 1.807) is 0 Å². The quantitative estimate of drug-likeness (QED) is 0.745. The molecule has 1 aromatic carbocycles. The van der Waals surface area contributed by atoms with Gasteiger partial charge in [0.2, 0.25) is 0 Å². The van der Waals surface area contributed by atoms with E-state index in [4.69, 9.17) is 4.74 Å². The molecular formula is C18H30N2O. The van der Waals surface area contributed by atoms with Gasteiger partial charge in [0.15, 0.2) is 0 Å². The van der Waals surface area contributed by atoms with Crippen LogP contribution in [0.4, 0.5) is 0 Å². The first kappa shape index (κ1) is 16.5. The normalized spacial score (nSPS) is 22.1. The summed E-state index contributed by atoms with van der Waals surface area (Å²) in [6.45, 7) is 8.46. The molecule has 0 saturated carbocycles. The number of rotatable bonds is 8. The van der Waals surface area contributed by atoms with Gasteiger partial charge in [0, 0.05) is 19.6 Å². The summed E-state index contributed by atoms with van der Waals surface area (Å²) in [5, 5.41) is 3.46. The Morgan fingerprint density at radius 3 is 2.62 bits per heavy atom. The van der Waals surface area contributed by atoms with E-state index in [-0.39, 0.29) is 0 Å². The van der Waals surface area contributed by atoms with Crippen LogP contribution in [0.2, 0.25) is 0 Å². The molecule has 0 bridgehead atoms. The maximum atomic E-state index is 6.13. The van der Waals surface area contributed by atoms with Crippen LogP contribution in [0.25, 0.3) is 0 Å². The van der Waals surface area contributed by atoms with Crippen molar-refractivity contribution >= 4 is 0 Å². The topological polar surface area (TPSA) is 24.5 Å².